The van der Waals surface area contributed by atoms with Crippen molar-refractivity contribution >= 4 is 10.4 Å². The van der Waals surface area contributed by atoms with Crippen LogP contribution in [0.2, 0.25) is 0 Å². The smallest absolute Gasteiger partial charge is 0.759 e. The summed E-state index contributed by atoms with van der Waals surface area (Å²) in [5.74, 6) is 0. The summed E-state index contributed by atoms with van der Waals surface area (Å²) in [6.45, 7) is 0. The van der Waals surface area contributed by atoms with Gasteiger partial charge in [0, 0.05) is 34.7 Å². The predicted molar refractivity (Wildman–Crippen MR) is 91.9 cm³/mol. The number of rotatable bonds is 1. The van der Waals surface area contributed by atoms with Crippen molar-refractivity contribution in [3.63, 3.8) is 0 Å². The van der Waals surface area contributed by atoms with Crippen molar-refractivity contribution in [2.45, 2.75) is 0 Å². The van der Waals surface area contributed by atoms with E-state index in [1.807, 2.05) is 0 Å². The molecule has 0 aliphatic heterocycles. The van der Waals surface area contributed by atoms with Crippen LogP contribution in [0.3, 0.4) is 0 Å². The Hall–Kier alpha value is -2.00. The van der Waals surface area contributed by atoms with Gasteiger partial charge in [-0.1, -0.05) is 0 Å². The largest absolute Gasteiger partial charge is 2.00 e. The molecule has 2 aromatic rings. The van der Waals surface area contributed by atoms with E-state index >= 15 is 0 Å². The van der Waals surface area contributed by atoms with E-state index in [-0.39, 0.29) is 55.1 Å². The maximum absolute atomic E-state index is 10.8. The molecule has 0 spiro atoms. The Morgan fingerprint density at radius 2 is 0.778 bits per heavy atom. The standard InChI is InChI=1S/C10H8N2O2.Co.H2O4S.7H2O/c13-11-5-1-9(2-6-11)10-3-7-12(14)8-4-10;;1-5(2,3)4;;;;;;;/h1-8H;;(H2,1,2,3,4);7*1H2/q;+2;;;;;;;;/p+3. The molecule has 0 saturated carbocycles. The summed E-state index contributed by atoms with van der Waals surface area (Å²) in [6.07, 6.45) is 5.70. The molecule has 19 N–H and O–H groups in total. The zero-order valence-corrected chi connectivity index (χ0v) is 15.4. The number of hydrogen-bond donors (Lipinski definition) is 0. The first-order valence-electron chi connectivity index (χ1n) is 4.80. The van der Waals surface area contributed by atoms with Gasteiger partial charge in [0.1, 0.15) is 0 Å². The molecular formula is C10H27CoN2O13S+5. The Balaban J connectivity index is -0.0000000423. The minimum absolute atomic E-state index is 0. The second-order valence-corrected chi connectivity index (χ2v) is 4.12. The second kappa shape index (κ2) is 22.0. The van der Waals surface area contributed by atoms with Crippen LogP contribution in [-0.2, 0) is 54.6 Å². The van der Waals surface area contributed by atoms with Crippen LogP contribution in [0.1, 0.15) is 0 Å². The third-order valence-electron chi connectivity index (χ3n) is 1.94. The fraction of sp³-hybridized carbons (Fsp3) is 0. The van der Waals surface area contributed by atoms with E-state index in [1.165, 1.54) is 24.8 Å². The zero-order chi connectivity index (χ0) is 14.5. The Labute approximate surface area is 163 Å². The van der Waals surface area contributed by atoms with Crippen molar-refractivity contribution in [1.29, 1.82) is 0 Å². The molecule has 165 valence electrons. The van der Waals surface area contributed by atoms with Crippen LogP contribution >= 0.6 is 0 Å². The second-order valence-electron chi connectivity index (χ2n) is 3.30. The zero-order valence-electron chi connectivity index (χ0n) is 13.6. The molecule has 0 aliphatic rings. The van der Waals surface area contributed by atoms with Gasteiger partial charge in [0.05, 0.1) is 0 Å². The van der Waals surface area contributed by atoms with Gasteiger partial charge in [0.2, 0.25) is 0 Å². The van der Waals surface area contributed by atoms with E-state index in [0.29, 0.717) is 0 Å². The minimum atomic E-state index is -5.17. The summed E-state index contributed by atoms with van der Waals surface area (Å²) in [5, 5.41) is 21.5. The number of nitrogens with zero attached hydrogens (tertiary/aromatic N) is 2. The van der Waals surface area contributed by atoms with Crippen molar-refractivity contribution in [1.82, 2.24) is 0 Å². The summed E-state index contributed by atoms with van der Waals surface area (Å²) in [5.41, 5.74) is 1.83. The number of pyridine rings is 2. The first-order valence-corrected chi connectivity index (χ1v) is 6.14. The molecule has 0 saturated heterocycles. The van der Waals surface area contributed by atoms with Crippen molar-refractivity contribution < 1.29 is 82.1 Å². The van der Waals surface area contributed by atoms with E-state index in [0.717, 1.165) is 20.6 Å². The van der Waals surface area contributed by atoms with E-state index < -0.39 is 10.4 Å². The van der Waals surface area contributed by atoms with Gasteiger partial charge < -0.3 is 57.9 Å². The SMILES string of the molecule is O.O.O=S(=O)([O-])[O-].[Co+2].[O-][n+]1ccc(-c2cc[n+]([O-])cc2)cc1.[OH3+].[OH3+].[OH3+].[OH3+].[OH3+]. The molecular weight excluding hydrogens is 447 g/mol. The molecule has 0 amide bonds. The molecule has 0 atom stereocenters. The Morgan fingerprint density at radius 3 is 0.926 bits per heavy atom. The molecule has 17 heteroatoms. The predicted octanol–water partition coefficient (Wildman–Crippen LogP) is -6.98. The summed E-state index contributed by atoms with van der Waals surface area (Å²) in [6, 6.07) is 6.82. The summed E-state index contributed by atoms with van der Waals surface area (Å²) in [4.78, 5) is 0. The van der Waals surface area contributed by atoms with Gasteiger partial charge >= 0.3 is 16.8 Å². The maximum atomic E-state index is 10.8. The van der Waals surface area contributed by atoms with Gasteiger partial charge in [-0.25, -0.2) is 0 Å². The molecule has 0 bridgehead atoms. The number of hydrogen-bond acceptors (Lipinski definition) is 6. The molecule has 0 unspecified atom stereocenters. The fourth-order valence-corrected chi connectivity index (χ4v) is 1.21. The Kier molecular flexibility index (Phi) is 40.7. The van der Waals surface area contributed by atoms with Crippen LogP contribution in [0.5, 0.6) is 0 Å². The molecule has 15 nitrogen and oxygen atoms in total. The van der Waals surface area contributed by atoms with Crippen LogP contribution in [0, 0.1) is 10.4 Å². The van der Waals surface area contributed by atoms with Gasteiger partial charge in [0.15, 0.2) is 24.8 Å². The van der Waals surface area contributed by atoms with Crippen molar-refractivity contribution in [2.24, 2.45) is 0 Å². The minimum Gasteiger partial charge on any atom is -0.759 e. The fourth-order valence-electron chi connectivity index (χ4n) is 1.21. The third-order valence-corrected chi connectivity index (χ3v) is 1.94. The van der Waals surface area contributed by atoms with Gasteiger partial charge in [-0.05, 0) is 11.1 Å². The summed E-state index contributed by atoms with van der Waals surface area (Å²) in [7, 11) is -5.17. The molecule has 2 heterocycles. The summed E-state index contributed by atoms with van der Waals surface area (Å²) >= 11 is 0. The Bertz CT molecular complexity index is 588. The van der Waals surface area contributed by atoms with Crippen molar-refractivity contribution in [3.05, 3.63) is 59.5 Å². The average Bonchev–Trinajstić information content (AvgIpc) is 2.29. The van der Waals surface area contributed by atoms with Crippen LogP contribution in [-0.4, -0.2) is 28.5 Å². The van der Waals surface area contributed by atoms with Crippen molar-refractivity contribution in [3.8, 4) is 11.1 Å². The molecule has 27 heavy (non-hydrogen) atoms. The first-order chi connectivity index (χ1) is 8.75. The third kappa shape index (κ3) is 24.0. The topological polar surface area (TPSA) is 362 Å². The summed E-state index contributed by atoms with van der Waals surface area (Å²) < 4.78 is 35.5. The van der Waals surface area contributed by atoms with Crippen LogP contribution < -0.4 is 9.46 Å². The van der Waals surface area contributed by atoms with Crippen LogP contribution in [0.4, 0.5) is 0 Å². The molecule has 2 aromatic heterocycles. The van der Waals surface area contributed by atoms with Crippen LogP contribution in [0.25, 0.3) is 11.1 Å². The normalized spacial score (nSPS) is 7.33. The molecule has 1 radical (unpaired) electrons. The molecule has 0 fully saturated rings. The Morgan fingerprint density at radius 1 is 0.630 bits per heavy atom. The molecule has 2 rings (SSSR count). The van der Waals surface area contributed by atoms with Crippen molar-refractivity contribution in [2.75, 3.05) is 0 Å². The quantitative estimate of drug-likeness (QED) is 0.127. The molecule has 0 aromatic carbocycles. The first kappa shape index (κ1) is 49.8. The van der Waals surface area contributed by atoms with Gasteiger partial charge in [-0.2, -0.15) is 9.46 Å². The maximum Gasteiger partial charge on any atom is 2.00 e. The van der Waals surface area contributed by atoms with Crippen LogP contribution in [0.15, 0.2) is 49.1 Å². The van der Waals surface area contributed by atoms with Gasteiger partial charge in [-0.3, -0.25) is 8.42 Å². The van der Waals surface area contributed by atoms with E-state index in [9.17, 15) is 10.4 Å². The average molecular weight is 474 g/mol. The van der Waals surface area contributed by atoms with E-state index in [2.05, 4.69) is 0 Å². The van der Waals surface area contributed by atoms with E-state index in [1.54, 1.807) is 24.3 Å². The van der Waals surface area contributed by atoms with E-state index in [4.69, 9.17) is 17.5 Å². The number of aromatic nitrogens is 2. The van der Waals surface area contributed by atoms with Gasteiger partial charge in [0.25, 0.3) is 0 Å². The molecule has 0 aliphatic carbocycles. The monoisotopic (exact) mass is 474 g/mol. The van der Waals surface area contributed by atoms with Gasteiger partial charge in [-0.15, -0.1) is 0 Å².